The largest absolute Gasteiger partial charge is 0.278 e. The van der Waals surface area contributed by atoms with Gasteiger partial charge in [0.2, 0.25) is 0 Å². The Morgan fingerprint density at radius 1 is 0.806 bits per heavy atom. The van der Waals surface area contributed by atoms with Gasteiger partial charge in [-0.05, 0) is 48.5 Å². The number of anilines is 1. The van der Waals surface area contributed by atoms with Crippen LogP contribution in [0.1, 0.15) is 20.7 Å². The van der Waals surface area contributed by atoms with Crippen LogP contribution in [-0.2, 0) is 10.0 Å². The monoisotopic (exact) mass is 481 g/mol. The van der Waals surface area contributed by atoms with Gasteiger partial charge in [0, 0.05) is 5.56 Å². The molecular formula is C20H14Cl2FN3O4S. The summed E-state index contributed by atoms with van der Waals surface area (Å²) in [6.07, 6.45) is 0. The highest BCUT2D eigenvalue weighted by atomic mass is 35.5. The molecule has 3 aromatic rings. The minimum Gasteiger partial charge on any atom is -0.278 e. The zero-order valence-electron chi connectivity index (χ0n) is 15.5. The van der Waals surface area contributed by atoms with Crippen LogP contribution in [0.5, 0.6) is 0 Å². The van der Waals surface area contributed by atoms with Crippen LogP contribution in [0.15, 0.2) is 71.6 Å². The van der Waals surface area contributed by atoms with E-state index in [4.69, 9.17) is 23.2 Å². The van der Waals surface area contributed by atoms with E-state index in [-0.39, 0.29) is 31.8 Å². The summed E-state index contributed by atoms with van der Waals surface area (Å²) < 4.78 is 40.7. The summed E-state index contributed by atoms with van der Waals surface area (Å²) in [4.78, 5) is 24.3. The lowest BCUT2D eigenvalue weighted by Gasteiger charge is -2.11. The maximum atomic E-state index is 13.1. The Bertz CT molecular complexity index is 1270. The molecule has 0 unspecified atom stereocenters. The molecule has 0 saturated carbocycles. The van der Waals surface area contributed by atoms with Crippen molar-refractivity contribution >= 4 is 50.7 Å². The molecule has 0 atom stereocenters. The number of sulfonamides is 1. The molecule has 0 aliphatic rings. The summed E-state index contributed by atoms with van der Waals surface area (Å²) in [6, 6.07) is 14.6. The third-order valence-corrected chi connectivity index (χ3v) is 6.00. The van der Waals surface area contributed by atoms with Gasteiger partial charge >= 0.3 is 0 Å². The molecule has 0 aliphatic heterocycles. The van der Waals surface area contributed by atoms with Crippen molar-refractivity contribution in [2.75, 3.05) is 4.72 Å². The lowest BCUT2D eigenvalue weighted by molar-refractivity contribution is 0.0846. The maximum Gasteiger partial charge on any atom is 0.271 e. The molecule has 3 rings (SSSR count). The highest BCUT2D eigenvalue weighted by Crippen LogP contribution is 2.24. The molecule has 0 heterocycles. The zero-order valence-corrected chi connectivity index (χ0v) is 17.9. The Morgan fingerprint density at radius 2 is 1.52 bits per heavy atom. The summed E-state index contributed by atoms with van der Waals surface area (Å²) in [5.41, 5.74) is 4.38. The number of hydrazine groups is 1. The molecule has 0 bridgehead atoms. The lowest BCUT2D eigenvalue weighted by Crippen LogP contribution is -2.41. The summed E-state index contributed by atoms with van der Waals surface area (Å²) in [7, 11) is -4.03. The van der Waals surface area contributed by atoms with E-state index in [0.29, 0.717) is 0 Å². The zero-order chi connectivity index (χ0) is 22.6. The number of halogens is 3. The van der Waals surface area contributed by atoms with Gasteiger partial charge in [-0.1, -0.05) is 41.4 Å². The average molecular weight is 482 g/mol. The molecule has 0 aromatic heterocycles. The Labute approximate surface area is 187 Å². The fourth-order valence-electron chi connectivity index (χ4n) is 2.48. The van der Waals surface area contributed by atoms with Crippen LogP contribution in [0.25, 0.3) is 0 Å². The van der Waals surface area contributed by atoms with E-state index in [2.05, 4.69) is 15.6 Å². The average Bonchev–Trinajstić information content (AvgIpc) is 2.73. The summed E-state index contributed by atoms with van der Waals surface area (Å²) in [6.45, 7) is 0. The molecule has 160 valence electrons. The molecule has 3 aromatic carbocycles. The van der Waals surface area contributed by atoms with Gasteiger partial charge in [0.25, 0.3) is 21.8 Å². The van der Waals surface area contributed by atoms with Crippen molar-refractivity contribution in [1.82, 2.24) is 10.9 Å². The number of rotatable bonds is 5. The van der Waals surface area contributed by atoms with Crippen molar-refractivity contribution in [3.8, 4) is 0 Å². The van der Waals surface area contributed by atoms with E-state index in [9.17, 15) is 22.4 Å². The lowest BCUT2D eigenvalue weighted by atomic mass is 10.2. The molecule has 3 N–H and O–H groups in total. The summed E-state index contributed by atoms with van der Waals surface area (Å²) >= 11 is 11.8. The molecule has 31 heavy (non-hydrogen) atoms. The SMILES string of the molecule is O=C(NNC(=O)c1ccc(F)cc1Cl)c1cccc(S(=O)(=O)Nc2ccccc2Cl)c1. The van der Waals surface area contributed by atoms with E-state index in [1.807, 2.05) is 0 Å². The number of hydrogen-bond acceptors (Lipinski definition) is 4. The number of carbonyl (C=O) groups excluding carboxylic acids is 2. The van der Waals surface area contributed by atoms with Crippen molar-refractivity contribution in [3.63, 3.8) is 0 Å². The van der Waals surface area contributed by atoms with Crippen LogP contribution in [-0.4, -0.2) is 20.2 Å². The minimum absolute atomic E-state index is 0.0347. The first kappa shape index (κ1) is 22.5. The number of nitrogens with one attached hydrogen (secondary N) is 3. The van der Waals surface area contributed by atoms with Gasteiger partial charge in [-0.3, -0.25) is 25.2 Å². The number of benzene rings is 3. The number of hydrogen-bond donors (Lipinski definition) is 3. The Hall–Kier alpha value is -3.14. The predicted molar refractivity (Wildman–Crippen MR) is 115 cm³/mol. The molecule has 11 heteroatoms. The fourth-order valence-corrected chi connectivity index (χ4v) is 4.10. The van der Waals surface area contributed by atoms with Gasteiger partial charge in [-0.15, -0.1) is 0 Å². The quantitative estimate of drug-likeness (QED) is 0.478. The second-order valence-electron chi connectivity index (χ2n) is 6.15. The van der Waals surface area contributed by atoms with E-state index in [1.54, 1.807) is 12.1 Å². The third kappa shape index (κ3) is 5.52. The number of amides is 2. The van der Waals surface area contributed by atoms with Crippen molar-refractivity contribution in [2.45, 2.75) is 4.90 Å². The summed E-state index contributed by atoms with van der Waals surface area (Å²) in [5.74, 6) is -2.17. The molecule has 2 amide bonds. The maximum absolute atomic E-state index is 13.1. The van der Waals surface area contributed by atoms with Gasteiger partial charge in [0.1, 0.15) is 5.82 Å². The fraction of sp³-hybridized carbons (Fsp3) is 0. The molecule has 0 fully saturated rings. The minimum atomic E-state index is -4.03. The van der Waals surface area contributed by atoms with Crippen molar-refractivity contribution in [1.29, 1.82) is 0 Å². The third-order valence-electron chi connectivity index (χ3n) is 3.99. The van der Waals surface area contributed by atoms with Crippen molar-refractivity contribution < 1.29 is 22.4 Å². The predicted octanol–water partition coefficient (Wildman–Crippen LogP) is 4.01. The van der Waals surface area contributed by atoms with Gasteiger partial charge in [0.05, 0.1) is 26.2 Å². The van der Waals surface area contributed by atoms with Gasteiger partial charge < -0.3 is 0 Å². The van der Waals surface area contributed by atoms with Crippen molar-refractivity contribution in [2.24, 2.45) is 0 Å². The molecule has 0 saturated heterocycles. The number of carbonyl (C=O) groups is 2. The highest BCUT2D eigenvalue weighted by Gasteiger charge is 2.18. The molecule has 0 spiro atoms. The van der Waals surface area contributed by atoms with Gasteiger partial charge in [-0.2, -0.15) is 0 Å². The van der Waals surface area contributed by atoms with E-state index < -0.39 is 27.7 Å². The van der Waals surface area contributed by atoms with E-state index in [1.165, 1.54) is 30.3 Å². The smallest absolute Gasteiger partial charge is 0.271 e. The molecule has 7 nitrogen and oxygen atoms in total. The second-order valence-corrected chi connectivity index (χ2v) is 8.64. The van der Waals surface area contributed by atoms with Crippen LogP contribution in [0.4, 0.5) is 10.1 Å². The van der Waals surface area contributed by atoms with Crippen LogP contribution < -0.4 is 15.6 Å². The van der Waals surface area contributed by atoms with Crippen LogP contribution >= 0.6 is 23.2 Å². The summed E-state index contributed by atoms with van der Waals surface area (Å²) in [5, 5.41) is 0.0765. The molecule has 0 aliphatic carbocycles. The first-order chi connectivity index (χ1) is 14.7. The normalized spacial score (nSPS) is 10.9. The van der Waals surface area contributed by atoms with Crippen LogP contribution in [0.2, 0.25) is 10.0 Å². The van der Waals surface area contributed by atoms with Gasteiger partial charge in [0.15, 0.2) is 0 Å². The Balaban J connectivity index is 1.72. The number of para-hydroxylation sites is 1. The van der Waals surface area contributed by atoms with Crippen LogP contribution in [0.3, 0.4) is 0 Å². The Kier molecular flexibility index (Phi) is 6.79. The Morgan fingerprint density at radius 3 is 2.23 bits per heavy atom. The van der Waals surface area contributed by atoms with E-state index >= 15 is 0 Å². The van der Waals surface area contributed by atoms with Crippen LogP contribution in [0, 0.1) is 5.82 Å². The second kappa shape index (κ2) is 9.34. The van der Waals surface area contributed by atoms with Crippen molar-refractivity contribution in [3.05, 3.63) is 93.7 Å². The highest BCUT2D eigenvalue weighted by molar-refractivity contribution is 7.92. The molecular weight excluding hydrogens is 468 g/mol. The standard InChI is InChI=1S/C20H14Cl2FN3O4S/c21-16-6-1-2-7-18(16)26-31(29,30)14-5-3-4-12(10-14)19(27)24-25-20(28)15-9-8-13(23)11-17(15)22/h1-11,26H,(H,24,27)(H,25,28). The first-order valence-corrected chi connectivity index (χ1v) is 10.8. The first-order valence-electron chi connectivity index (χ1n) is 8.60. The van der Waals surface area contributed by atoms with E-state index in [0.717, 1.165) is 24.3 Å². The molecule has 0 radical (unpaired) electrons. The van der Waals surface area contributed by atoms with Gasteiger partial charge in [-0.25, -0.2) is 12.8 Å². The topological polar surface area (TPSA) is 104 Å².